The molecule has 0 spiro atoms. The third-order valence-electron chi connectivity index (χ3n) is 2.91. The molecule has 8 heteroatoms. The van der Waals surface area contributed by atoms with Gasteiger partial charge in [0.1, 0.15) is 0 Å². The summed E-state index contributed by atoms with van der Waals surface area (Å²) in [6.45, 7) is 0. The van der Waals surface area contributed by atoms with Crippen LogP contribution in [-0.2, 0) is 9.84 Å². The maximum Gasteiger partial charge on any atom is 0.248 e. The Morgan fingerprint density at radius 1 is 1.19 bits per heavy atom. The molecule has 0 saturated heterocycles. The molecule has 0 amide bonds. The van der Waals surface area contributed by atoms with E-state index < -0.39 is 9.84 Å². The topological polar surface area (TPSA) is 87.0 Å². The number of rotatable bonds is 3. The Bertz CT molecular complexity index is 918. The van der Waals surface area contributed by atoms with Crippen LogP contribution in [0.4, 0.5) is 0 Å². The minimum atomic E-state index is -3.48. The monoisotopic (exact) mass is 304 g/mol. The molecule has 0 bridgehead atoms. The lowest BCUT2D eigenvalue weighted by molar-refractivity contribution is 0.398. The molecule has 0 aliphatic heterocycles. The van der Waals surface area contributed by atoms with Gasteiger partial charge in [0, 0.05) is 18.5 Å². The number of fused-ring (bicyclic) bond motifs is 1. The molecule has 2 aromatic heterocycles. The Morgan fingerprint density at radius 3 is 2.67 bits per heavy atom. The Labute approximate surface area is 121 Å². The third-order valence-corrected chi connectivity index (χ3v) is 3.77. The molecule has 3 rings (SSSR count). The van der Waals surface area contributed by atoms with Crippen molar-refractivity contribution in [3.05, 3.63) is 36.5 Å². The zero-order chi connectivity index (χ0) is 15.0. The van der Waals surface area contributed by atoms with Gasteiger partial charge in [-0.1, -0.05) is 12.1 Å². The number of hydrogen-bond acceptors (Lipinski definition) is 6. The zero-order valence-electron chi connectivity index (χ0n) is 11.4. The van der Waals surface area contributed by atoms with Gasteiger partial charge in [-0.3, -0.25) is 0 Å². The molecule has 3 aromatic rings. The summed E-state index contributed by atoms with van der Waals surface area (Å²) >= 11 is 0. The average Bonchev–Trinajstić information content (AvgIpc) is 2.85. The van der Waals surface area contributed by atoms with Crippen molar-refractivity contribution in [2.75, 3.05) is 13.4 Å². The Balaban J connectivity index is 2.26. The van der Waals surface area contributed by atoms with Gasteiger partial charge >= 0.3 is 0 Å². The zero-order valence-corrected chi connectivity index (χ0v) is 12.2. The van der Waals surface area contributed by atoms with E-state index >= 15 is 0 Å². The summed E-state index contributed by atoms with van der Waals surface area (Å²) in [5.41, 5.74) is 0.771. The van der Waals surface area contributed by atoms with E-state index in [-0.39, 0.29) is 5.16 Å². The molecule has 7 nitrogen and oxygen atoms in total. The van der Waals surface area contributed by atoms with E-state index in [1.165, 1.54) is 18.0 Å². The SMILES string of the molecule is COc1nn(-c2ccnc(S(C)(=O)=O)n2)c2ccccc12. The Hall–Kier alpha value is -2.48. The van der Waals surface area contributed by atoms with Gasteiger partial charge in [-0.25, -0.2) is 18.1 Å². The van der Waals surface area contributed by atoms with E-state index in [1.807, 2.05) is 24.3 Å². The molecular formula is C13H12N4O3S. The highest BCUT2D eigenvalue weighted by Crippen LogP contribution is 2.26. The van der Waals surface area contributed by atoms with Gasteiger partial charge in [-0.2, -0.15) is 4.98 Å². The fraction of sp³-hybridized carbons (Fsp3) is 0.154. The van der Waals surface area contributed by atoms with Crippen LogP contribution in [0.15, 0.2) is 41.7 Å². The number of methoxy groups -OCH3 is 1. The van der Waals surface area contributed by atoms with Gasteiger partial charge in [-0.15, -0.1) is 5.10 Å². The molecule has 0 saturated carbocycles. The van der Waals surface area contributed by atoms with Gasteiger partial charge in [0.15, 0.2) is 5.82 Å². The minimum Gasteiger partial charge on any atom is -0.479 e. The van der Waals surface area contributed by atoms with Crippen molar-refractivity contribution in [1.82, 2.24) is 19.7 Å². The molecule has 0 aliphatic rings. The van der Waals surface area contributed by atoms with E-state index in [1.54, 1.807) is 6.07 Å². The number of hydrogen-bond donors (Lipinski definition) is 0. The number of para-hydroxylation sites is 1. The Morgan fingerprint density at radius 2 is 1.95 bits per heavy atom. The van der Waals surface area contributed by atoms with Crippen LogP contribution in [-0.4, -0.2) is 41.5 Å². The first-order valence-electron chi connectivity index (χ1n) is 6.06. The van der Waals surface area contributed by atoms with Crippen LogP contribution < -0.4 is 4.74 Å². The smallest absolute Gasteiger partial charge is 0.248 e. The van der Waals surface area contributed by atoms with Crippen LogP contribution >= 0.6 is 0 Å². The molecule has 21 heavy (non-hydrogen) atoms. The second kappa shape index (κ2) is 4.81. The fourth-order valence-electron chi connectivity index (χ4n) is 1.99. The second-order valence-electron chi connectivity index (χ2n) is 4.41. The number of benzene rings is 1. The van der Waals surface area contributed by atoms with E-state index in [9.17, 15) is 8.42 Å². The molecule has 0 N–H and O–H groups in total. The highest BCUT2D eigenvalue weighted by Gasteiger charge is 2.16. The maximum atomic E-state index is 11.6. The second-order valence-corrected chi connectivity index (χ2v) is 6.32. The summed E-state index contributed by atoms with van der Waals surface area (Å²) in [5.74, 6) is 0.815. The van der Waals surface area contributed by atoms with Crippen molar-refractivity contribution in [2.24, 2.45) is 0 Å². The predicted octanol–water partition coefficient (Wildman–Crippen LogP) is 1.23. The first-order chi connectivity index (χ1) is 10.0. The molecule has 2 heterocycles. The van der Waals surface area contributed by atoms with E-state index in [2.05, 4.69) is 15.1 Å². The van der Waals surface area contributed by atoms with Crippen LogP contribution in [0.3, 0.4) is 0 Å². The van der Waals surface area contributed by atoms with Crippen molar-refractivity contribution in [1.29, 1.82) is 0 Å². The third kappa shape index (κ3) is 2.33. The quantitative estimate of drug-likeness (QED) is 0.676. The van der Waals surface area contributed by atoms with Crippen molar-refractivity contribution >= 4 is 20.7 Å². The van der Waals surface area contributed by atoms with Crippen molar-refractivity contribution in [3.63, 3.8) is 0 Å². The maximum absolute atomic E-state index is 11.6. The first kappa shape index (κ1) is 13.5. The Kier molecular flexibility index (Phi) is 3.09. The molecule has 1 aromatic carbocycles. The summed E-state index contributed by atoms with van der Waals surface area (Å²) < 4.78 is 29.9. The highest BCUT2D eigenvalue weighted by molar-refractivity contribution is 7.90. The number of aromatic nitrogens is 4. The fourth-order valence-corrected chi connectivity index (χ4v) is 2.50. The van der Waals surface area contributed by atoms with Crippen molar-refractivity contribution < 1.29 is 13.2 Å². The summed E-state index contributed by atoms with van der Waals surface area (Å²) in [5, 5.41) is 4.89. The van der Waals surface area contributed by atoms with Crippen LogP contribution in [0.1, 0.15) is 0 Å². The molecule has 0 radical (unpaired) electrons. The number of nitrogens with zero attached hydrogens (tertiary/aromatic N) is 4. The average molecular weight is 304 g/mol. The van der Waals surface area contributed by atoms with Crippen molar-refractivity contribution in [2.45, 2.75) is 5.16 Å². The predicted molar refractivity (Wildman–Crippen MR) is 76.3 cm³/mol. The minimum absolute atomic E-state index is 0.237. The van der Waals surface area contributed by atoms with Gasteiger partial charge in [-0.05, 0) is 12.1 Å². The van der Waals surface area contributed by atoms with Crippen LogP contribution in [0, 0.1) is 0 Å². The summed E-state index contributed by atoms with van der Waals surface area (Å²) in [4.78, 5) is 7.83. The van der Waals surface area contributed by atoms with Crippen molar-refractivity contribution in [3.8, 4) is 11.7 Å². The molecule has 0 aliphatic carbocycles. The standard InChI is InChI=1S/C13H12N4O3S/c1-20-12-9-5-3-4-6-10(9)17(16-12)11-7-8-14-13(15-11)21(2,18)19/h3-8H,1-2H3. The van der Waals surface area contributed by atoms with Crippen LogP contribution in [0.2, 0.25) is 0 Å². The number of sulfone groups is 1. The largest absolute Gasteiger partial charge is 0.479 e. The van der Waals surface area contributed by atoms with Gasteiger partial charge in [0.25, 0.3) is 0 Å². The molecule has 0 unspecified atom stereocenters. The molecule has 108 valence electrons. The van der Waals surface area contributed by atoms with Gasteiger partial charge in [0.2, 0.25) is 20.9 Å². The molecule has 0 fully saturated rings. The molecule has 0 atom stereocenters. The van der Waals surface area contributed by atoms with E-state index in [4.69, 9.17) is 4.74 Å². The highest BCUT2D eigenvalue weighted by atomic mass is 32.2. The van der Waals surface area contributed by atoms with Crippen LogP contribution in [0.25, 0.3) is 16.7 Å². The van der Waals surface area contributed by atoms with Gasteiger partial charge < -0.3 is 4.74 Å². The lowest BCUT2D eigenvalue weighted by Crippen LogP contribution is -2.08. The van der Waals surface area contributed by atoms with Crippen LogP contribution in [0.5, 0.6) is 5.88 Å². The van der Waals surface area contributed by atoms with Gasteiger partial charge in [0.05, 0.1) is 18.0 Å². The summed E-state index contributed by atoms with van der Waals surface area (Å²) in [6, 6.07) is 9.05. The van der Waals surface area contributed by atoms with E-state index in [0.717, 1.165) is 17.2 Å². The van der Waals surface area contributed by atoms with E-state index in [0.29, 0.717) is 11.7 Å². The summed E-state index contributed by atoms with van der Waals surface area (Å²) in [7, 11) is -1.95. The lowest BCUT2D eigenvalue weighted by Gasteiger charge is -2.03. The first-order valence-corrected chi connectivity index (χ1v) is 7.95. The lowest BCUT2D eigenvalue weighted by atomic mass is 10.2. The normalized spacial score (nSPS) is 11.7. The summed E-state index contributed by atoms with van der Waals surface area (Å²) in [6.07, 6.45) is 2.45. The molecular weight excluding hydrogens is 292 g/mol. The number of ether oxygens (including phenoxy) is 1.